The first-order valence-corrected chi connectivity index (χ1v) is 7.14. The minimum Gasteiger partial charge on any atom is -0.311 e. The predicted molar refractivity (Wildman–Crippen MR) is 70.9 cm³/mol. The minimum absolute atomic E-state index is 0. The van der Waals surface area contributed by atoms with E-state index >= 15 is 0 Å². The van der Waals surface area contributed by atoms with E-state index in [0.29, 0.717) is 10.9 Å². The summed E-state index contributed by atoms with van der Waals surface area (Å²) in [6, 6.07) is 5.98. The Morgan fingerprint density at radius 3 is 2.39 bits per heavy atom. The van der Waals surface area contributed by atoms with Gasteiger partial charge in [0.2, 0.25) is 0 Å². The van der Waals surface area contributed by atoms with Gasteiger partial charge in [0.15, 0.2) is 11.1 Å². The van der Waals surface area contributed by atoms with E-state index in [0.717, 1.165) is 0 Å². The van der Waals surface area contributed by atoms with Gasteiger partial charge in [0.1, 0.15) is 5.69 Å². The van der Waals surface area contributed by atoms with E-state index in [1.807, 2.05) is 26.0 Å². The third kappa shape index (κ3) is 3.81. The van der Waals surface area contributed by atoms with Crippen LogP contribution in [0.2, 0.25) is 0 Å². The zero-order chi connectivity index (χ0) is 13.2. The maximum Gasteiger partial charge on any atom is 1.00 e. The van der Waals surface area contributed by atoms with Crippen molar-refractivity contribution in [2.45, 2.75) is 51.0 Å². The molecule has 0 aromatic heterocycles. The maximum atomic E-state index is 11.0. The van der Waals surface area contributed by atoms with Gasteiger partial charge in [-0.2, -0.15) is 0 Å². The van der Waals surface area contributed by atoms with Gasteiger partial charge in [0, 0.05) is 17.0 Å². The molecule has 0 amide bonds. The fourth-order valence-corrected chi connectivity index (χ4v) is 2.47. The van der Waals surface area contributed by atoms with Crippen LogP contribution in [0.1, 0.15) is 40.2 Å². The zero-order valence-electron chi connectivity index (χ0n) is 12.2. The molecule has 0 saturated carbocycles. The Morgan fingerprint density at radius 1 is 1.33 bits per heavy atom. The molecule has 1 aromatic carbocycles. The molecule has 1 aliphatic rings. The van der Waals surface area contributed by atoms with Crippen LogP contribution in [0, 0.1) is 0 Å². The molecule has 2 unspecified atom stereocenters. The summed E-state index contributed by atoms with van der Waals surface area (Å²) in [5.74, 6) is 0. The van der Waals surface area contributed by atoms with Crippen LogP contribution in [0.25, 0.3) is 0 Å². The second-order valence-electron chi connectivity index (χ2n) is 4.68. The van der Waals surface area contributed by atoms with Crippen LogP contribution < -0.4 is 63.5 Å². The molecule has 2 rings (SSSR count). The van der Waals surface area contributed by atoms with Crippen molar-refractivity contribution in [2.75, 3.05) is 0 Å². The topological polar surface area (TPSA) is 53.9 Å². The molecule has 0 spiro atoms. The van der Waals surface area contributed by atoms with Gasteiger partial charge in [-0.1, -0.05) is 13.8 Å². The Balaban J connectivity index is 0.000000917. The van der Waals surface area contributed by atoms with E-state index < -0.39 is 11.1 Å². The van der Waals surface area contributed by atoms with Gasteiger partial charge < -0.3 is 9.87 Å². The molecule has 1 aromatic rings. The van der Waals surface area contributed by atoms with Gasteiger partial charge in [0.25, 0.3) is 0 Å². The standard InChI is InChI=1S/C11H15NO2S.C2H6.Rb/c1-7-11(2,3)9-6-8(15(13)14)4-5-10(9)12-7;1-2;/h4-7,12H,1-3H3,(H,13,14);1-2H3;/q;;+1/p+1. The van der Waals surface area contributed by atoms with Crippen LogP contribution in [0.3, 0.4) is 0 Å². The summed E-state index contributed by atoms with van der Waals surface area (Å²) in [6.07, 6.45) is 0. The normalized spacial score (nSPS) is 21.1. The number of quaternary nitrogens is 1. The fraction of sp³-hybridized carbons (Fsp3) is 0.538. The molecule has 5 heteroatoms. The van der Waals surface area contributed by atoms with Crippen molar-refractivity contribution in [3.05, 3.63) is 23.8 Å². The number of hydrogen-bond acceptors (Lipinski definition) is 1. The molecular weight excluding hydrogens is 320 g/mol. The molecule has 0 saturated heterocycles. The van der Waals surface area contributed by atoms with Gasteiger partial charge in [-0.15, -0.1) is 0 Å². The second kappa shape index (κ2) is 7.77. The summed E-state index contributed by atoms with van der Waals surface area (Å²) in [7, 11) is 0. The molecular formula is C13H22NO2RbS+2. The van der Waals surface area contributed by atoms with Crippen molar-refractivity contribution in [2.24, 2.45) is 0 Å². The number of benzene rings is 1. The monoisotopic (exact) mass is 341 g/mol. The predicted octanol–water partition coefficient (Wildman–Crippen LogP) is -0.828. The van der Waals surface area contributed by atoms with Gasteiger partial charge in [-0.25, -0.2) is 4.21 Å². The summed E-state index contributed by atoms with van der Waals surface area (Å²) in [5, 5.41) is 2.22. The average Bonchev–Trinajstić information content (AvgIpc) is 2.52. The smallest absolute Gasteiger partial charge is 0.311 e. The van der Waals surface area contributed by atoms with Gasteiger partial charge in [0.05, 0.1) is 10.9 Å². The van der Waals surface area contributed by atoms with Gasteiger partial charge in [-0.05, 0) is 32.9 Å². The van der Waals surface area contributed by atoms with Crippen LogP contribution in [-0.2, 0) is 16.5 Å². The summed E-state index contributed by atoms with van der Waals surface area (Å²) in [4.78, 5) is 0.490. The molecule has 0 fully saturated rings. The Hall–Kier alpha value is 1.10. The summed E-state index contributed by atoms with van der Waals surface area (Å²) in [5.41, 5.74) is 2.43. The molecule has 18 heavy (non-hydrogen) atoms. The Morgan fingerprint density at radius 2 is 1.89 bits per heavy atom. The molecule has 2 atom stereocenters. The molecule has 0 radical (unpaired) electrons. The number of hydrogen-bond donors (Lipinski definition) is 2. The zero-order valence-corrected chi connectivity index (χ0v) is 17.9. The van der Waals surface area contributed by atoms with Crippen molar-refractivity contribution in [1.29, 1.82) is 0 Å². The summed E-state index contributed by atoms with van der Waals surface area (Å²) < 4.78 is 20.0. The summed E-state index contributed by atoms with van der Waals surface area (Å²) in [6.45, 7) is 10.5. The maximum absolute atomic E-state index is 11.0. The van der Waals surface area contributed by atoms with Gasteiger partial charge >= 0.3 is 58.2 Å². The Kier molecular flexibility index (Phi) is 8.24. The summed E-state index contributed by atoms with van der Waals surface area (Å²) >= 11 is -1.88. The Labute approximate surface area is 161 Å². The number of rotatable bonds is 1. The van der Waals surface area contributed by atoms with Crippen LogP contribution >= 0.6 is 0 Å². The molecule has 0 bridgehead atoms. The van der Waals surface area contributed by atoms with Crippen molar-refractivity contribution in [1.82, 2.24) is 0 Å². The van der Waals surface area contributed by atoms with Crippen LogP contribution in [0.15, 0.2) is 23.1 Å². The molecule has 1 aliphatic heterocycles. The fourth-order valence-electron chi connectivity index (χ4n) is 2.07. The van der Waals surface area contributed by atoms with E-state index in [4.69, 9.17) is 4.55 Å². The first-order valence-electron chi connectivity index (χ1n) is 6.03. The second-order valence-corrected chi connectivity index (χ2v) is 5.64. The van der Waals surface area contributed by atoms with Crippen molar-refractivity contribution >= 4 is 16.8 Å². The molecule has 1 heterocycles. The van der Waals surface area contributed by atoms with Crippen molar-refractivity contribution < 1.29 is 72.3 Å². The quantitative estimate of drug-likeness (QED) is 0.517. The Bertz CT molecular complexity index is 435. The average molecular weight is 342 g/mol. The molecule has 3 N–H and O–H groups in total. The number of fused-ring (bicyclic) bond motifs is 1. The van der Waals surface area contributed by atoms with E-state index in [1.165, 1.54) is 11.3 Å². The van der Waals surface area contributed by atoms with Crippen molar-refractivity contribution in [3.8, 4) is 0 Å². The first kappa shape index (κ1) is 19.1. The SMILES string of the molecule is CC.CC1[NH2+]c2ccc(S(=O)O)cc2C1(C)C.[Rb+]. The third-order valence-corrected chi connectivity index (χ3v) is 4.15. The van der Waals surface area contributed by atoms with Crippen LogP contribution in [-0.4, -0.2) is 14.8 Å². The van der Waals surface area contributed by atoms with E-state index in [1.54, 1.807) is 6.07 Å². The third-order valence-electron chi connectivity index (χ3n) is 3.49. The number of nitrogens with two attached hydrogens (primary N) is 1. The van der Waals surface area contributed by atoms with E-state index in [9.17, 15) is 4.21 Å². The molecule has 3 nitrogen and oxygen atoms in total. The van der Waals surface area contributed by atoms with Crippen LogP contribution in [0.4, 0.5) is 5.69 Å². The van der Waals surface area contributed by atoms with Gasteiger partial charge in [-0.3, -0.25) is 0 Å². The molecule has 96 valence electrons. The largest absolute Gasteiger partial charge is 1.00 e. The van der Waals surface area contributed by atoms with E-state index in [2.05, 4.69) is 26.1 Å². The molecule has 0 aliphatic carbocycles. The van der Waals surface area contributed by atoms with Crippen molar-refractivity contribution in [3.63, 3.8) is 0 Å². The van der Waals surface area contributed by atoms with Crippen LogP contribution in [0.5, 0.6) is 0 Å². The minimum atomic E-state index is -1.88. The van der Waals surface area contributed by atoms with E-state index in [-0.39, 0.29) is 63.6 Å². The first-order chi connectivity index (χ1) is 7.93.